The Balaban J connectivity index is 1.16. The SMILES string of the molecule is O=C(O)C1=C(CSc2nncs2)CS[C@H]2C(NC(=S)CCCC(C(=O)O)N3C(=O)c4ccccc4C3=O)C(=O)N12. The van der Waals surface area contributed by atoms with Gasteiger partial charge in [-0.2, -0.15) is 0 Å². The van der Waals surface area contributed by atoms with Gasteiger partial charge in [0.1, 0.15) is 28.7 Å². The quantitative estimate of drug-likeness (QED) is 0.145. The zero-order valence-electron chi connectivity index (χ0n) is 20.5. The molecule has 5 rings (SSSR count). The molecule has 40 heavy (non-hydrogen) atoms. The molecular weight excluding hydrogens is 599 g/mol. The average Bonchev–Trinajstić information content (AvgIpc) is 3.54. The number of imide groups is 1. The van der Waals surface area contributed by atoms with E-state index in [-0.39, 0.29) is 36.1 Å². The van der Waals surface area contributed by atoms with Gasteiger partial charge in [-0.15, -0.1) is 22.0 Å². The van der Waals surface area contributed by atoms with Gasteiger partial charge in [0.2, 0.25) is 0 Å². The van der Waals surface area contributed by atoms with E-state index in [9.17, 15) is 34.2 Å². The van der Waals surface area contributed by atoms with Gasteiger partial charge in [0.25, 0.3) is 17.7 Å². The fraction of sp³-hybridized carbons (Fsp3) is 0.333. The van der Waals surface area contributed by atoms with Crippen LogP contribution in [-0.4, -0.2) is 93.8 Å². The first-order valence-corrected chi connectivity index (χ1v) is 15.3. The van der Waals surface area contributed by atoms with Gasteiger partial charge in [0.05, 0.1) is 16.1 Å². The lowest BCUT2D eigenvalue weighted by molar-refractivity contribution is -0.148. The molecule has 0 spiro atoms. The number of aliphatic carboxylic acids is 2. The second-order valence-electron chi connectivity index (χ2n) is 8.98. The number of carboxylic acids is 2. The molecule has 3 aliphatic heterocycles. The van der Waals surface area contributed by atoms with Crippen molar-refractivity contribution in [1.29, 1.82) is 0 Å². The number of amides is 3. The molecule has 0 radical (unpaired) electrons. The molecule has 12 nitrogen and oxygen atoms in total. The zero-order chi connectivity index (χ0) is 28.6. The number of carbonyl (C=O) groups excluding carboxylic acids is 3. The van der Waals surface area contributed by atoms with Crippen LogP contribution in [0.5, 0.6) is 0 Å². The molecule has 1 saturated heterocycles. The minimum atomic E-state index is -1.36. The Labute approximate surface area is 245 Å². The standard InChI is InChI=1S/C24H21N5O7S4/c30-18-12-4-1-2-5-13(12)19(31)28(18)14(22(33)34)6-3-7-15(37)26-16-20(32)29-17(23(35)36)11(8-38-21(16)29)9-39-24-27-25-10-40-24/h1-2,4-5,10,14,16,21H,3,6-9H2,(H,26,37)(H,33,34)(H,35,36)/t14?,16?,21-/m0/s1. The third kappa shape index (κ3) is 5.23. The molecule has 3 atom stereocenters. The Bertz CT molecular complexity index is 1410. The molecule has 3 N–H and O–H groups in total. The third-order valence-electron chi connectivity index (χ3n) is 6.58. The fourth-order valence-corrected chi connectivity index (χ4v) is 7.97. The van der Waals surface area contributed by atoms with Crippen molar-refractivity contribution in [3.8, 4) is 0 Å². The Hall–Kier alpha value is -3.34. The summed E-state index contributed by atoms with van der Waals surface area (Å²) in [6, 6.07) is 4.12. The molecule has 2 aromatic rings. The monoisotopic (exact) mass is 619 g/mol. The van der Waals surface area contributed by atoms with E-state index in [1.54, 1.807) is 17.6 Å². The number of nitrogens with one attached hydrogen (secondary N) is 1. The summed E-state index contributed by atoms with van der Waals surface area (Å²) in [7, 11) is 0. The number of benzene rings is 1. The molecule has 1 aromatic carbocycles. The van der Waals surface area contributed by atoms with Crippen LogP contribution >= 0.6 is 47.1 Å². The Morgan fingerprint density at radius 1 is 1.18 bits per heavy atom. The van der Waals surface area contributed by atoms with Crippen molar-refractivity contribution < 1.29 is 34.2 Å². The molecule has 4 heterocycles. The summed E-state index contributed by atoms with van der Waals surface area (Å²) in [5.41, 5.74) is 2.53. The maximum atomic E-state index is 13.0. The van der Waals surface area contributed by atoms with E-state index < -0.39 is 47.1 Å². The average molecular weight is 620 g/mol. The topological polar surface area (TPSA) is 170 Å². The number of aromatic nitrogens is 2. The normalized spacial score (nSPS) is 20.6. The highest BCUT2D eigenvalue weighted by atomic mass is 32.2. The lowest BCUT2D eigenvalue weighted by atomic mass is 10.0. The summed E-state index contributed by atoms with van der Waals surface area (Å²) in [5, 5.41) is 29.8. The predicted molar refractivity (Wildman–Crippen MR) is 150 cm³/mol. The van der Waals surface area contributed by atoms with Crippen molar-refractivity contribution >= 4 is 81.7 Å². The van der Waals surface area contributed by atoms with E-state index in [0.29, 0.717) is 26.4 Å². The van der Waals surface area contributed by atoms with Crippen molar-refractivity contribution in [2.24, 2.45) is 0 Å². The second kappa shape index (κ2) is 11.6. The highest BCUT2D eigenvalue weighted by molar-refractivity contribution is 8.01. The number of nitrogens with zero attached hydrogens (tertiary/aromatic N) is 4. The molecule has 16 heteroatoms. The first kappa shape index (κ1) is 28.2. The molecule has 0 saturated carbocycles. The number of hydrogen-bond acceptors (Lipinski definition) is 11. The van der Waals surface area contributed by atoms with Gasteiger partial charge in [0.15, 0.2) is 4.34 Å². The lowest BCUT2D eigenvalue weighted by Gasteiger charge is -2.49. The summed E-state index contributed by atoms with van der Waals surface area (Å²) < 4.78 is 0.706. The molecule has 0 bridgehead atoms. The minimum Gasteiger partial charge on any atom is -0.480 e. The van der Waals surface area contributed by atoms with Gasteiger partial charge < -0.3 is 15.5 Å². The number of carboxylic acid groups (broad SMARTS) is 2. The third-order valence-corrected chi connectivity index (χ3v) is 10.2. The molecule has 1 fully saturated rings. The number of fused-ring (bicyclic) bond motifs is 2. The van der Waals surface area contributed by atoms with Crippen LogP contribution in [0, 0.1) is 0 Å². The Kier molecular flexibility index (Phi) is 8.21. The predicted octanol–water partition coefficient (Wildman–Crippen LogP) is 2.09. The van der Waals surface area contributed by atoms with Crippen LogP contribution in [0.2, 0.25) is 0 Å². The number of thioether (sulfide) groups is 2. The van der Waals surface area contributed by atoms with Gasteiger partial charge in [-0.05, 0) is 37.0 Å². The van der Waals surface area contributed by atoms with E-state index in [1.807, 2.05) is 0 Å². The first-order valence-electron chi connectivity index (χ1n) is 12.0. The Morgan fingerprint density at radius 2 is 1.88 bits per heavy atom. The van der Waals surface area contributed by atoms with Crippen LogP contribution in [-0.2, 0) is 14.4 Å². The smallest absolute Gasteiger partial charge is 0.352 e. The van der Waals surface area contributed by atoms with Crippen molar-refractivity contribution in [2.75, 3.05) is 11.5 Å². The van der Waals surface area contributed by atoms with Crippen LogP contribution < -0.4 is 5.32 Å². The van der Waals surface area contributed by atoms with Crippen LogP contribution in [0.4, 0.5) is 0 Å². The molecular formula is C24H21N5O7S4. The maximum Gasteiger partial charge on any atom is 0.352 e. The number of carbonyl (C=O) groups is 5. The van der Waals surface area contributed by atoms with Crippen molar-refractivity contribution in [3.63, 3.8) is 0 Å². The van der Waals surface area contributed by atoms with Crippen LogP contribution in [0.3, 0.4) is 0 Å². The van der Waals surface area contributed by atoms with Crippen LogP contribution in [0.1, 0.15) is 40.0 Å². The summed E-state index contributed by atoms with van der Waals surface area (Å²) in [5.74, 6) is -3.39. The number of β-lactam (4-membered cyclic amide) rings is 1. The van der Waals surface area contributed by atoms with Crippen LogP contribution in [0.15, 0.2) is 45.4 Å². The van der Waals surface area contributed by atoms with Gasteiger partial charge in [-0.25, -0.2) is 9.59 Å². The lowest BCUT2D eigenvalue weighted by Crippen LogP contribution is -2.70. The van der Waals surface area contributed by atoms with Gasteiger partial charge >= 0.3 is 11.9 Å². The summed E-state index contributed by atoms with van der Waals surface area (Å²) in [6.45, 7) is 0. The molecule has 208 valence electrons. The largest absolute Gasteiger partial charge is 0.480 e. The molecule has 0 aliphatic carbocycles. The molecule has 2 unspecified atom stereocenters. The minimum absolute atomic E-state index is 0.0208. The maximum absolute atomic E-state index is 13.0. The van der Waals surface area contributed by atoms with E-state index in [0.717, 1.165) is 4.90 Å². The Morgan fingerprint density at radius 3 is 2.48 bits per heavy atom. The first-order chi connectivity index (χ1) is 19.2. The van der Waals surface area contributed by atoms with Crippen molar-refractivity contribution in [1.82, 2.24) is 25.3 Å². The van der Waals surface area contributed by atoms with E-state index in [2.05, 4.69) is 15.5 Å². The number of rotatable bonds is 11. The van der Waals surface area contributed by atoms with Gasteiger partial charge in [0, 0.05) is 11.5 Å². The fourth-order valence-electron chi connectivity index (χ4n) is 4.72. The molecule has 1 aromatic heterocycles. The van der Waals surface area contributed by atoms with Crippen LogP contribution in [0.25, 0.3) is 0 Å². The highest BCUT2D eigenvalue weighted by Crippen LogP contribution is 2.41. The van der Waals surface area contributed by atoms with E-state index in [4.69, 9.17) is 12.2 Å². The zero-order valence-corrected chi connectivity index (χ0v) is 23.8. The second-order valence-corrected chi connectivity index (χ2v) is 12.6. The van der Waals surface area contributed by atoms with Crippen molar-refractivity contribution in [2.45, 2.75) is 41.1 Å². The molecule has 3 aliphatic rings. The summed E-state index contributed by atoms with van der Waals surface area (Å²) in [4.78, 5) is 64.7. The van der Waals surface area contributed by atoms with E-state index >= 15 is 0 Å². The number of hydrogen-bond donors (Lipinski definition) is 3. The van der Waals surface area contributed by atoms with Gasteiger partial charge in [-0.3, -0.25) is 24.2 Å². The molecule has 3 amide bonds. The summed E-state index contributed by atoms with van der Waals surface area (Å²) in [6.07, 6.45) is 0.438. The highest BCUT2D eigenvalue weighted by Gasteiger charge is 2.53. The van der Waals surface area contributed by atoms with Crippen molar-refractivity contribution in [3.05, 3.63) is 52.2 Å². The summed E-state index contributed by atoms with van der Waals surface area (Å²) >= 11 is 9.54. The van der Waals surface area contributed by atoms with Gasteiger partial charge in [-0.1, -0.05) is 47.4 Å². The van der Waals surface area contributed by atoms with E-state index in [1.165, 1.54) is 51.9 Å². The number of thiocarbonyl (C=S) groups is 1.